The van der Waals surface area contributed by atoms with Crippen LogP contribution < -0.4 is 10.6 Å². The van der Waals surface area contributed by atoms with Crippen LogP contribution in [0.3, 0.4) is 0 Å². The van der Waals surface area contributed by atoms with E-state index in [4.69, 9.17) is 0 Å². The van der Waals surface area contributed by atoms with Crippen LogP contribution in [0, 0.1) is 0 Å². The molecule has 0 saturated carbocycles. The number of nitrogens with one attached hydrogen (secondary N) is 2. The van der Waals surface area contributed by atoms with Crippen LogP contribution in [0.2, 0.25) is 0 Å². The normalized spacial score (nSPS) is 20.4. The van der Waals surface area contributed by atoms with Crippen LogP contribution in [0.5, 0.6) is 0 Å². The van der Waals surface area contributed by atoms with Gasteiger partial charge >= 0.3 is 0 Å². The molecule has 1 fully saturated rings. The fourth-order valence-electron chi connectivity index (χ4n) is 1.64. The lowest BCUT2D eigenvalue weighted by molar-refractivity contribution is -0.118. The summed E-state index contributed by atoms with van der Waals surface area (Å²) in [5, 5.41) is 10.0. The van der Waals surface area contributed by atoms with E-state index in [9.17, 15) is 4.79 Å². The van der Waals surface area contributed by atoms with Crippen molar-refractivity contribution in [2.75, 3.05) is 11.9 Å². The number of rotatable bonds is 2. The van der Waals surface area contributed by atoms with Gasteiger partial charge in [-0.15, -0.1) is 12.4 Å². The van der Waals surface area contributed by atoms with Crippen LogP contribution >= 0.6 is 23.7 Å². The second kappa shape index (κ2) is 6.10. The number of halogens is 1. The summed E-state index contributed by atoms with van der Waals surface area (Å²) in [6.07, 6.45) is 3.28. The molecule has 1 aliphatic heterocycles. The van der Waals surface area contributed by atoms with Crippen molar-refractivity contribution < 1.29 is 4.79 Å². The van der Waals surface area contributed by atoms with Crippen LogP contribution in [-0.2, 0) is 4.79 Å². The first kappa shape index (κ1) is 12.5. The number of carbonyl (C=O) groups excluding carboxylic acids is 1. The van der Waals surface area contributed by atoms with Gasteiger partial charge in [0.05, 0.1) is 11.7 Å². The van der Waals surface area contributed by atoms with E-state index >= 15 is 0 Å². The summed E-state index contributed by atoms with van der Waals surface area (Å²) in [7, 11) is 0. The summed E-state index contributed by atoms with van der Waals surface area (Å²) < 4.78 is 0. The molecule has 15 heavy (non-hydrogen) atoms. The highest BCUT2D eigenvalue weighted by molar-refractivity contribution is 7.08. The lowest BCUT2D eigenvalue weighted by atomic mass is 10.0. The molecule has 1 amide bonds. The summed E-state index contributed by atoms with van der Waals surface area (Å²) in [5.74, 6) is 0.100. The zero-order chi connectivity index (χ0) is 9.80. The Morgan fingerprint density at radius 2 is 2.40 bits per heavy atom. The van der Waals surface area contributed by atoms with Gasteiger partial charge in [0, 0.05) is 5.38 Å². The van der Waals surface area contributed by atoms with Crippen LogP contribution in [0.15, 0.2) is 16.8 Å². The smallest absolute Gasteiger partial charge is 0.241 e. The van der Waals surface area contributed by atoms with Crippen LogP contribution in [0.25, 0.3) is 0 Å². The van der Waals surface area contributed by atoms with Crippen LogP contribution in [-0.4, -0.2) is 18.5 Å². The Morgan fingerprint density at radius 3 is 3.00 bits per heavy atom. The molecule has 1 aromatic heterocycles. The molecule has 0 aromatic carbocycles. The van der Waals surface area contributed by atoms with Gasteiger partial charge in [0.25, 0.3) is 0 Å². The van der Waals surface area contributed by atoms with Crippen molar-refractivity contribution in [3.8, 4) is 0 Å². The number of anilines is 1. The lowest BCUT2D eigenvalue weighted by Gasteiger charge is -2.22. The first-order valence-electron chi connectivity index (χ1n) is 4.93. The Bertz CT molecular complexity index is 296. The molecular formula is C10H15ClN2OS. The molecule has 1 aromatic rings. The Kier molecular flexibility index (Phi) is 5.08. The van der Waals surface area contributed by atoms with Gasteiger partial charge in [-0.3, -0.25) is 4.79 Å². The highest BCUT2D eigenvalue weighted by Crippen LogP contribution is 2.14. The molecule has 2 N–H and O–H groups in total. The van der Waals surface area contributed by atoms with Crippen LogP contribution in [0.1, 0.15) is 19.3 Å². The molecule has 0 radical (unpaired) electrons. The van der Waals surface area contributed by atoms with Gasteiger partial charge in [-0.25, -0.2) is 0 Å². The average Bonchev–Trinajstić information content (AvgIpc) is 2.72. The number of piperidine rings is 1. The van der Waals surface area contributed by atoms with Gasteiger partial charge in [0.2, 0.25) is 5.91 Å². The minimum absolute atomic E-state index is 0. The molecule has 0 bridgehead atoms. The molecule has 3 nitrogen and oxygen atoms in total. The molecule has 1 unspecified atom stereocenters. The molecule has 1 atom stereocenters. The number of amides is 1. The quantitative estimate of drug-likeness (QED) is 0.841. The number of hydrogen-bond donors (Lipinski definition) is 2. The second-order valence-electron chi connectivity index (χ2n) is 3.50. The van der Waals surface area contributed by atoms with Crippen molar-refractivity contribution in [3.63, 3.8) is 0 Å². The molecule has 2 rings (SSSR count). The lowest BCUT2D eigenvalue weighted by Crippen LogP contribution is -2.43. The summed E-state index contributed by atoms with van der Waals surface area (Å²) in [5.41, 5.74) is 0.910. The van der Waals surface area contributed by atoms with E-state index in [1.807, 2.05) is 16.8 Å². The van der Waals surface area contributed by atoms with Gasteiger partial charge in [0.1, 0.15) is 0 Å². The molecular weight excluding hydrogens is 232 g/mol. The number of hydrogen-bond acceptors (Lipinski definition) is 3. The van der Waals surface area contributed by atoms with Crippen molar-refractivity contribution in [2.45, 2.75) is 25.3 Å². The van der Waals surface area contributed by atoms with Crippen molar-refractivity contribution >= 4 is 35.3 Å². The zero-order valence-electron chi connectivity index (χ0n) is 8.36. The maximum Gasteiger partial charge on any atom is 0.241 e. The molecule has 2 heterocycles. The van der Waals surface area contributed by atoms with Crippen molar-refractivity contribution in [1.29, 1.82) is 0 Å². The van der Waals surface area contributed by atoms with E-state index < -0.39 is 0 Å². The predicted molar refractivity (Wildman–Crippen MR) is 65.8 cm³/mol. The minimum Gasteiger partial charge on any atom is -0.324 e. The molecule has 1 aliphatic rings. The average molecular weight is 247 g/mol. The van der Waals surface area contributed by atoms with Gasteiger partial charge in [0.15, 0.2) is 0 Å². The topological polar surface area (TPSA) is 41.1 Å². The van der Waals surface area contributed by atoms with E-state index in [-0.39, 0.29) is 24.4 Å². The van der Waals surface area contributed by atoms with E-state index in [2.05, 4.69) is 10.6 Å². The van der Waals surface area contributed by atoms with Gasteiger partial charge in [-0.2, -0.15) is 11.3 Å². The first-order chi connectivity index (χ1) is 6.86. The summed E-state index contributed by atoms with van der Waals surface area (Å²) in [6, 6.07) is 1.93. The predicted octanol–water partition coefficient (Wildman–Crippen LogP) is 2.25. The third-order valence-electron chi connectivity index (χ3n) is 2.42. The Morgan fingerprint density at radius 1 is 1.53 bits per heavy atom. The van der Waals surface area contributed by atoms with Crippen LogP contribution in [0.4, 0.5) is 5.69 Å². The Labute approximate surface area is 99.7 Å². The van der Waals surface area contributed by atoms with Gasteiger partial charge in [-0.1, -0.05) is 6.42 Å². The molecule has 84 valence electrons. The molecule has 0 aliphatic carbocycles. The fraction of sp³-hybridized carbons (Fsp3) is 0.500. The van der Waals surface area contributed by atoms with E-state index in [0.717, 1.165) is 25.1 Å². The standard InChI is InChI=1S/C10H14N2OS.ClH/c13-10(9-3-1-2-5-11-9)12-8-4-6-14-7-8;/h4,6-7,9,11H,1-3,5H2,(H,12,13);1H. The van der Waals surface area contributed by atoms with E-state index in [1.165, 1.54) is 6.42 Å². The SMILES string of the molecule is Cl.O=C(Nc1ccsc1)C1CCCCN1. The van der Waals surface area contributed by atoms with Crippen molar-refractivity contribution in [1.82, 2.24) is 5.32 Å². The van der Waals surface area contributed by atoms with Crippen molar-refractivity contribution in [2.24, 2.45) is 0 Å². The zero-order valence-corrected chi connectivity index (χ0v) is 10.00. The summed E-state index contributed by atoms with van der Waals surface area (Å²) >= 11 is 1.59. The minimum atomic E-state index is 0. The second-order valence-corrected chi connectivity index (χ2v) is 4.28. The largest absolute Gasteiger partial charge is 0.324 e. The Hall–Kier alpha value is -0.580. The first-order valence-corrected chi connectivity index (χ1v) is 5.87. The maximum atomic E-state index is 11.7. The maximum absolute atomic E-state index is 11.7. The highest BCUT2D eigenvalue weighted by atomic mass is 35.5. The highest BCUT2D eigenvalue weighted by Gasteiger charge is 2.20. The molecule has 0 spiro atoms. The number of carbonyl (C=O) groups is 1. The fourth-order valence-corrected chi connectivity index (χ4v) is 2.23. The third kappa shape index (κ3) is 3.48. The molecule has 5 heteroatoms. The summed E-state index contributed by atoms with van der Waals surface area (Å²) in [4.78, 5) is 11.7. The van der Waals surface area contributed by atoms with E-state index in [1.54, 1.807) is 11.3 Å². The van der Waals surface area contributed by atoms with Gasteiger partial charge in [-0.05, 0) is 30.8 Å². The Balaban J connectivity index is 0.00000112. The van der Waals surface area contributed by atoms with E-state index in [0.29, 0.717) is 0 Å². The third-order valence-corrected chi connectivity index (χ3v) is 3.10. The summed E-state index contributed by atoms with van der Waals surface area (Å²) in [6.45, 7) is 0.960. The van der Waals surface area contributed by atoms with Crippen molar-refractivity contribution in [3.05, 3.63) is 16.8 Å². The monoisotopic (exact) mass is 246 g/mol. The van der Waals surface area contributed by atoms with Gasteiger partial charge < -0.3 is 10.6 Å². The molecule has 1 saturated heterocycles. The number of thiophene rings is 1.